The maximum absolute atomic E-state index is 12.9. The Kier molecular flexibility index (Phi) is 6.47. The van der Waals surface area contributed by atoms with Gasteiger partial charge in [-0.15, -0.1) is 0 Å². The number of carbonyl (C=O) groups excluding carboxylic acids is 2. The molecule has 3 heterocycles. The molecule has 0 unspecified atom stereocenters. The van der Waals surface area contributed by atoms with Crippen LogP contribution in [0.3, 0.4) is 0 Å². The maximum atomic E-state index is 12.9. The van der Waals surface area contributed by atoms with Crippen LogP contribution in [0.5, 0.6) is 0 Å². The van der Waals surface area contributed by atoms with Crippen molar-refractivity contribution in [2.75, 3.05) is 50.8 Å². The van der Waals surface area contributed by atoms with Crippen molar-refractivity contribution in [2.24, 2.45) is 0 Å². The summed E-state index contributed by atoms with van der Waals surface area (Å²) in [5, 5.41) is 0. The van der Waals surface area contributed by atoms with Crippen molar-refractivity contribution < 1.29 is 14.3 Å². The second kappa shape index (κ2) is 9.01. The Labute approximate surface area is 160 Å². The van der Waals surface area contributed by atoms with Crippen LogP contribution in [0.25, 0.3) is 0 Å². The quantitative estimate of drug-likeness (QED) is 0.805. The minimum Gasteiger partial charge on any atom is -0.450 e. The molecule has 0 N–H and O–H groups in total. The minimum absolute atomic E-state index is 0.00573. The zero-order valence-corrected chi connectivity index (χ0v) is 16.3. The van der Waals surface area contributed by atoms with Crippen molar-refractivity contribution in [2.45, 2.75) is 39.5 Å². The number of anilines is 1. The van der Waals surface area contributed by atoms with Gasteiger partial charge in [-0.1, -0.05) is 12.8 Å². The van der Waals surface area contributed by atoms with Gasteiger partial charge in [-0.05, 0) is 32.8 Å². The number of hydrogen-bond acceptors (Lipinski definition) is 6. The van der Waals surface area contributed by atoms with E-state index in [1.165, 1.54) is 12.8 Å². The van der Waals surface area contributed by atoms with Crippen LogP contribution >= 0.6 is 0 Å². The first-order valence-electron chi connectivity index (χ1n) is 9.90. The molecule has 0 radical (unpaired) electrons. The first-order valence-corrected chi connectivity index (χ1v) is 9.90. The van der Waals surface area contributed by atoms with Crippen LogP contribution in [0.4, 0.5) is 10.7 Å². The number of aryl methyl sites for hydroxylation is 1. The highest BCUT2D eigenvalue weighted by Gasteiger charge is 2.25. The van der Waals surface area contributed by atoms with E-state index in [0.717, 1.165) is 31.6 Å². The van der Waals surface area contributed by atoms with Crippen molar-refractivity contribution in [1.82, 2.24) is 19.8 Å². The van der Waals surface area contributed by atoms with Gasteiger partial charge in [0.15, 0.2) is 0 Å². The van der Waals surface area contributed by atoms with E-state index < -0.39 is 0 Å². The maximum Gasteiger partial charge on any atom is 0.409 e. The highest BCUT2D eigenvalue weighted by Crippen LogP contribution is 2.17. The number of likely N-dealkylation sites (tertiary alicyclic amines) is 1. The summed E-state index contributed by atoms with van der Waals surface area (Å²) in [6.07, 6.45) is 4.20. The number of piperazine rings is 1. The molecular formula is C19H29N5O3. The lowest BCUT2D eigenvalue weighted by Crippen LogP contribution is -2.49. The van der Waals surface area contributed by atoms with E-state index in [9.17, 15) is 9.59 Å². The Balaban J connectivity index is 1.68. The molecule has 8 nitrogen and oxygen atoms in total. The zero-order valence-electron chi connectivity index (χ0n) is 16.3. The molecule has 1 aromatic heterocycles. The number of carbonyl (C=O) groups is 2. The fourth-order valence-corrected chi connectivity index (χ4v) is 3.54. The predicted molar refractivity (Wildman–Crippen MR) is 102 cm³/mol. The van der Waals surface area contributed by atoms with E-state index in [4.69, 9.17) is 4.74 Å². The molecule has 2 fully saturated rings. The van der Waals surface area contributed by atoms with Crippen LogP contribution in [0.15, 0.2) is 6.07 Å². The van der Waals surface area contributed by atoms with Crippen molar-refractivity contribution >= 4 is 17.9 Å². The van der Waals surface area contributed by atoms with E-state index in [1.54, 1.807) is 17.9 Å². The lowest BCUT2D eigenvalue weighted by molar-refractivity contribution is 0.0755. The van der Waals surface area contributed by atoms with Gasteiger partial charge in [0.05, 0.1) is 6.61 Å². The summed E-state index contributed by atoms with van der Waals surface area (Å²) in [6, 6.07) is 1.77. The molecule has 2 aliphatic rings. The van der Waals surface area contributed by atoms with Gasteiger partial charge in [0.2, 0.25) is 5.95 Å². The Morgan fingerprint density at radius 1 is 0.963 bits per heavy atom. The molecule has 0 aliphatic carbocycles. The van der Waals surface area contributed by atoms with E-state index in [2.05, 4.69) is 9.97 Å². The molecule has 0 saturated carbocycles. The van der Waals surface area contributed by atoms with Gasteiger partial charge in [-0.25, -0.2) is 14.8 Å². The fourth-order valence-electron chi connectivity index (χ4n) is 3.54. The van der Waals surface area contributed by atoms with Crippen LogP contribution < -0.4 is 4.90 Å². The second-order valence-corrected chi connectivity index (χ2v) is 7.07. The van der Waals surface area contributed by atoms with Gasteiger partial charge < -0.3 is 19.4 Å². The van der Waals surface area contributed by atoms with Crippen molar-refractivity contribution in [3.63, 3.8) is 0 Å². The second-order valence-electron chi connectivity index (χ2n) is 7.07. The standard InChI is InChI=1S/C19H29N5O3/c1-3-27-19(26)24-12-10-23(11-13-24)18-20-15(2)14-16(21-18)17(25)22-8-6-4-5-7-9-22/h14H,3-13H2,1-2H3. The third kappa shape index (κ3) is 4.87. The molecule has 1 aromatic rings. The first-order chi connectivity index (χ1) is 13.1. The molecule has 2 saturated heterocycles. The van der Waals surface area contributed by atoms with Crippen molar-refractivity contribution in [3.8, 4) is 0 Å². The number of amides is 2. The molecule has 0 bridgehead atoms. The summed E-state index contributed by atoms with van der Waals surface area (Å²) < 4.78 is 5.06. The molecule has 0 spiro atoms. The number of hydrogen-bond donors (Lipinski definition) is 0. The third-order valence-corrected chi connectivity index (χ3v) is 5.04. The molecule has 8 heteroatoms. The molecule has 0 aromatic carbocycles. The van der Waals surface area contributed by atoms with Gasteiger partial charge in [0, 0.05) is 45.0 Å². The summed E-state index contributed by atoms with van der Waals surface area (Å²) >= 11 is 0. The topological polar surface area (TPSA) is 78.9 Å². The van der Waals surface area contributed by atoms with Crippen LogP contribution in [-0.2, 0) is 4.74 Å². The SMILES string of the molecule is CCOC(=O)N1CCN(c2nc(C)cc(C(=O)N3CCCCCC3)n2)CC1. The van der Waals surface area contributed by atoms with E-state index in [1.807, 2.05) is 16.7 Å². The Hall–Kier alpha value is -2.38. The number of ether oxygens (including phenoxy) is 1. The molecule has 2 amide bonds. The van der Waals surface area contributed by atoms with E-state index in [0.29, 0.717) is 44.4 Å². The lowest BCUT2D eigenvalue weighted by atomic mass is 10.2. The normalized spacial score (nSPS) is 18.2. The largest absolute Gasteiger partial charge is 0.450 e. The summed E-state index contributed by atoms with van der Waals surface area (Å²) in [6.45, 7) is 8.04. The van der Waals surface area contributed by atoms with Gasteiger partial charge in [-0.2, -0.15) is 0 Å². The molecule has 0 atom stereocenters. The highest BCUT2D eigenvalue weighted by molar-refractivity contribution is 5.92. The van der Waals surface area contributed by atoms with Gasteiger partial charge >= 0.3 is 6.09 Å². The van der Waals surface area contributed by atoms with E-state index >= 15 is 0 Å². The van der Waals surface area contributed by atoms with Crippen LogP contribution in [0.1, 0.15) is 48.8 Å². The average molecular weight is 375 g/mol. The predicted octanol–water partition coefficient (Wildman–Crippen LogP) is 2.08. The molecule has 27 heavy (non-hydrogen) atoms. The molecular weight excluding hydrogens is 346 g/mol. The third-order valence-electron chi connectivity index (χ3n) is 5.04. The van der Waals surface area contributed by atoms with Gasteiger partial charge in [-0.3, -0.25) is 4.79 Å². The van der Waals surface area contributed by atoms with Crippen LogP contribution in [0.2, 0.25) is 0 Å². The van der Waals surface area contributed by atoms with Gasteiger partial charge in [0.1, 0.15) is 5.69 Å². The number of aromatic nitrogens is 2. The average Bonchev–Trinajstić information content (AvgIpc) is 2.97. The summed E-state index contributed by atoms with van der Waals surface area (Å²) in [4.78, 5) is 39.5. The zero-order chi connectivity index (χ0) is 19.2. The summed E-state index contributed by atoms with van der Waals surface area (Å²) in [5.41, 5.74) is 1.25. The smallest absolute Gasteiger partial charge is 0.409 e. The highest BCUT2D eigenvalue weighted by atomic mass is 16.6. The van der Waals surface area contributed by atoms with Crippen LogP contribution in [0, 0.1) is 6.92 Å². The van der Waals surface area contributed by atoms with Crippen molar-refractivity contribution in [1.29, 1.82) is 0 Å². The Morgan fingerprint density at radius 2 is 1.63 bits per heavy atom. The molecule has 148 valence electrons. The van der Waals surface area contributed by atoms with Crippen LogP contribution in [-0.4, -0.2) is 77.6 Å². The number of nitrogens with zero attached hydrogens (tertiary/aromatic N) is 5. The summed E-state index contributed by atoms with van der Waals surface area (Å²) in [7, 11) is 0. The molecule has 3 rings (SSSR count). The fraction of sp³-hybridized carbons (Fsp3) is 0.684. The summed E-state index contributed by atoms with van der Waals surface area (Å²) in [5.74, 6) is 0.561. The van der Waals surface area contributed by atoms with Gasteiger partial charge in [0.25, 0.3) is 5.91 Å². The number of rotatable bonds is 3. The Bertz CT molecular complexity index is 665. The lowest BCUT2D eigenvalue weighted by Gasteiger charge is -2.34. The van der Waals surface area contributed by atoms with Crippen molar-refractivity contribution in [3.05, 3.63) is 17.5 Å². The minimum atomic E-state index is -0.278. The Morgan fingerprint density at radius 3 is 2.26 bits per heavy atom. The molecule has 2 aliphatic heterocycles. The van der Waals surface area contributed by atoms with E-state index in [-0.39, 0.29) is 12.0 Å². The first kappa shape index (κ1) is 19.4. The monoisotopic (exact) mass is 375 g/mol.